The number of rotatable bonds is 5. The summed E-state index contributed by atoms with van der Waals surface area (Å²) in [4.78, 5) is 20.8. The number of hydrogen-bond donors (Lipinski definition) is 1. The molecule has 2 aromatic rings. The molecule has 2 atom stereocenters. The van der Waals surface area contributed by atoms with Crippen LogP contribution in [0.4, 0.5) is 5.13 Å². The lowest BCUT2D eigenvalue weighted by molar-refractivity contribution is -0.116. The fourth-order valence-corrected chi connectivity index (χ4v) is 4.61. The van der Waals surface area contributed by atoms with E-state index in [1.807, 2.05) is 11.0 Å². The smallest absolute Gasteiger partial charge is 0.225 e. The highest BCUT2D eigenvalue weighted by Gasteiger charge is 2.34. The standard InChI is InChI=1S/C19H24N4OS/c1-13(24)23(16-7-8-16)19-21-15(12-25-19)9-22-10-17(18(20)11-22)14-5-3-2-4-6-14/h2-6,12,16-18H,7-11,20H2,1H3/t17-,18+/m0/s1. The molecule has 1 amide bonds. The molecule has 25 heavy (non-hydrogen) atoms. The molecule has 0 radical (unpaired) electrons. The fourth-order valence-electron chi connectivity index (χ4n) is 3.68. The molecule has 5 nitrogen and oxygen atoms in total. The number of anilines is 1. The van der Waals surface area contributed by atoms with E-state index in [0.717, 1.165) is 43.3 Å². The van der Waals surface area contributed by atoms with Gasteiger partial charge in [0.25, 0.3) is 0 Å². The largest absolute Gasteiger partial charge is 0.326 e. The van der Waals surface area contributed by atoms with Crippen molar-refractivity contribution in [2.24, 2.45) is 5.73 Å². The molecule has 1 saturated heterocycles. The van der Waals surface area contributed by atoms with E-state index in [9.17, 15) is 4.79 Å². The number of hydrogen-bond acceptors (Lipinski definition) is 5. The Morgan fingerprint density at radius 1 is 1.32 bits per heavy atom. The first-order valence-corrected chi connectivity index (χ1v) is 9.77. The summed E-state index contributed by atoms with van der Waals surface area (Å²) in [7, 11) is 0. The molecule has 2 N–H and O–H groups in total. The maximum Gasteiger partial charge on any atom is 0.225 e. The minimum absolute atomic E-state index is 0.0933. The van der Waals surface area contributed by atoms with Crippen molar-refractivity contribution in [3.05, 3.63) is 47.0 Å². The number of nitrogens with zero attached hydrogens (tertiary/aromatic N) is 3. The van der Waals surface area contributed by atoms with Crippen molar-refractivity contribution in [2.75, 3.05) is 18.0 Å². The van der Waals surface area contributed by atoms with Crippen LogP contribution in [0.25, 0.3) is 0 Å². The van der Waals surface area contributed by atoms with Gasteiger partial charge in [0.05, 0.1) is 5.69 Å². The van der Waals surface area contributed by atoms with E-state index in [2.05, 4.69) is 34.5 Å². The number of likely N-dealkylation sites (tertiary alicyclic amines) is 1. The van der Waals surface area contributed by atoms with E-state index < -0.39 is 0 Å². The van der Waals surface area contributed by atoms with Crippen LogP contribution in [0.5, 0.6) is 0 Å². The Kier molecular flexibility index (Phi) is 4.58. The number of thiazole rings is 1. The number of nitrogens with two attached hydrogens (primary N) is 1. The monoisotopic (exact) mass is 356 g/mol. The predicted octanol–water partition coefficient (Wildman–Crippen LogP) is 2.59. The van der Waals surface area contributed by atoms with Gasteiger partial charge >= 0.3 is 0 Å². The molecule has 132 valence electrons. The van der Waals surface area contributed by atoms with Crippen molar-refractivity contribution < 1.29 is 4.79 Å². The van der Waals surface area contributed by atoms with E-state index >= 15 is 0 Å². The molecule has 0 spiro atoms. The van der Waals surface area contributed by atoms with Crippen molar-refractivity contribution in [2.45, 2.75) is 44.3 Å². The zero-order valence-electron chi connectivity index (χ0n) is 14.5. The van der Waals surface area contributed by atoms with Gasteiger partial charge in [-0.05, 0) is 18.4 Å². The number of benzene rings is 1. The van der Waals surface area contributed by atoms with Gasteiger partial charge in [-0.2, -0.15) is 0 Å². The molecule has 2 fully saturated rings. The molecule has 6 heteroatoms. The Balaban J connectivity index is 1.42. The summed E-state index contributed by atoms with van der Waals surface area (Å²) in [6, 6.07) is 11.0. The fraction of sp³-hybridized carbons (Fsp3) is 0.474. The quantitative estimate of drug-likeness (QED) is 0.894. The summed E-state index contributed by atoms with van der Waals surface area (Å²) in [6.45, 7) is 4.26. The van der Waals surface area contributed by atoms with Crippen LogP contribution in [-0.2, 0) is 11.3 Å². The second-order valence-corrected chi connectivity index (χ2v) is 7.95. The van der Waals surface area contributed by atoms with Crippen LogP contribution >= 0.6 is 11.3 Å². The highest BCUT2D eigenvalue weighted by molar-refractivity contribution is 7.14. The molecule has 1 saturated carbocycles. The van der Waals surface area contributed by atoms with Gasteiger partial charge in [0, 0.05) is 49.9 Å². The van der Waals surface area contributed by atoms with Crippen LogP contribution in [0.1, 0.15) is 36.9 Å². The first-order valence-electron chi connectivity index (χ1n) is 8.89. The maximum absolute atomic E-state index is 11.9. The van der Waals surface area contributed by atoms with Crippen molar-refractivity contribution in [3.63, 3.8) is 0 Å². The summed E-state index contributed by atoms with van der Waals surface area (Å²) < 4.78 is 0. The van der Waals surface area contributed by atoms with Crippen LogP contribution < -0.4 is 10.6 Å². The molecule has 0 bridgehead atoms. The van der Waals surface area contributed by atoms with E-state index in [1.165, 1.54) is 5.56 Å². The average molecular weight is 356 g/mol. The highest BCUT2D eigenvalue weighted by atomic mass is 32.1. The van der Waals surface area contributed by atoms with Crippen molar-refractivity contribution >= 4 is 22.4 Å². The van der Waals surface area contributed by atoms with Crippen molar-refractivity contribution in [1.82, 2.24) is 9.88 Å². The Morgan fingerprint density at radius 2 is 2.08 bits per heavy atom. The molecule has 1 aromatic heterocycles. The second kappa shape index (κ2) is 6.86. The van der Waals surface area contributed by atoms with E-state index in [0.29, 0.717) is 12.0 Å². The molecule has 1 aliphatic heterocycles. The number of carbonyl (C=O) groups excluding carboxylic acids is 1. The van der Waals surface area contributed by atoms with Crippen molar-refractivity contribution in [1.29, 1.82) is 0 Å². The number of carbonyl (C=O) groups is 1. The van der Waals surface area contributed by atoms with E-state index in [1.54, 1.807) is 18.3 Å². The van der Waals surface area contributed by atoms with Crippen LogP contribution in [0.15, 0.2) is 35.7 Å². The molecule has 2 aliphatic rings. The third-order valence-corrected chi connectivity index (χ3v) is 5.94. The highest BCUT2D eigenvalue weighted by Crippen LogP contribution is 2.34. The number of amides is 1. The minimum atomic E-state index is 0.0933. The molecule has 0 unspecified atom stereocenters. The van der Waals surface area contributed by atoms with Crippen LogP contribution in [0.2, 0.25) is 0 Å². The summed E-state index contributed by atoms with van der Waals surface area (Å²) >= 11 is 1.57. The lowest BCUT2D eigenvalue weighted by Gasteiger charge is -2.17. The molecular weight excluding hydrogens is 332 g/mol. The van der Waals surface area contributed by atoms with Crippen LogP contribution in [0.3, 0.4) is 0 Å². The Labute approximate surface area is 152 Å². The minimum Gasteiger partial charge on any atom is -0.326 e. The predicted molar refractivity (Wildman–Crippen MR) is 101 cm³/mol. The topological polar surface area (TPSA) is 62.5 Å². The van der Waals surface area contributed by atoms with E-state index in [-0.39, 0.29) is 11.9 Å². The third-order valence-electron chi connectivity index (χ3n) is 5.05. The molecular formula is C19H24N4OS. The third kappa shape index (κ3) is 3.61. The van der Waals surface area contributed by atoms with Gasteiger partial charge < -0.3 is 5.73 Å². The maximum atomic E-state index is 11.9. The van der Waals surface area contributed by atoms with Crippen LogP contribution in [0, 0.1) is 0 Å². The lowest BCUT2D eigenvalue weighted by Crippen LogP contribution is -2.30. The van der Waals surface area contributed by atoms with Crippen LogP contribution in [-0.4, -0.2) is 41.0 Å². The zero-order chi connectivity index (χ0) is 17.4. The van der Waals surface area contributed by atoms with Gasteiger partial charge in [0.2, 0.25) is 5.91 Å². The SMILES string of the molecule is CC(=O)N(c1nc(CN2C[C@@H](N)[C@H](c3ccccc3)C2)cs1)C1CC1. The molecule has 1 aliphatic carbocycles. The first kappa shape index (κ1) is 16.7. The summed E-state index contributed by atoms with van der Waals surface area (Å²) in [6.07, 6.45) is 2.18. The van der Waals surface area contributed by atoms with Crippen molar-refractivity contribution in [3.8, 4) is 0 Å². The Hall–Kier alpha value is -1.76. The lowest BCUT2D eigenvalue weighted by atomic mass is 9.95. The Bertz CT molecular complexity index is 743. The normalized spacial score (nSPS) is 23.8. The van der Waals surface area contributed by atoms with Gasteiger partial charge in [-0.1, -0.05) is 30.3 Å². The molecule has 4 rings (SSSR count). The van der Waals surface area contributed by atoms with Gasteiger partial charge in [0.15, 0.2) is 5.13 Å². The summed E-state index contributed by atoms with van der Waals surface area (Å²) in [5, 5.41) is 2.92. The van der Waals surface area contributed by atoms with Gasteiger partial charge in [-0.15, -0.1) is 11.3 Å². The summed E-state index contributed by atoms with van der Waals surface area (Å²) in [5.74, 6) is 0.468. The van der Waals surface area contributed by atoms with Gasteiger partial charge in [-0.3, -0.25) is 14.6 Å². The number of aromatic nitrogens is 1. The summed E-state index contributed by atoms with van der Waals surface area (Å²) in [5.41, 5.74) is 8.73. The van der Waals surface area contributed by atoms with Gasteiger partial charge in [0.1, 0.15) is 0 Å². The van der Waals surface area contributed by atoms with Gasteiger partial charge in [-0.25, -0.2) is 4.98 Å². The first-order chi connectivity index (χ1) is 12.1. The second-order valence-electron chi connectivity index (χ2n) is 7.12. The molecule has 1 aromatic carbocycles. The molecule has 2 heterocycles. The Morgan fingerprint density at radius 3 is 2.76 bits per heavy atom. The zero-order valence-corrected chi connectivity index (χ0v) is 15.3. The van der Waals surface area contributed by atoms with E-state index in [4.69, 9.17) is 10.7 Å². The average Bonchev–Trinajstić information content (AvgIpc) is 3.20.